The van der Waals surface area contributed by atoms with Gasteiger partial charge in [0.15, 0.2) is 11.5 Å². The fourth-order valence-corrected chi connectivity index (χ4v) is 5.37. The molecule has 4 aromatic rings. The Hall–Kier alpha value is -3.21. The number of benzene rings is 2. The van der Waals surface area contributed by atoms with Gasteiger partial charge in [-0.05, 0) is 75.3 Å². The number of para-hydroxylation sites is 2. The number of amides is 1. The first kappa shape index (κ1) is 19.5. The van der Waals surface area contributed by atoms with Crippen molar-refractivity contribution >= 4 is 27.9 Å². The maximum atomic E-state index is 14.0. The fraction of sp³-hybridized carbons (Fsp3) is 0.370. The van der Waals surface area contributed by atoms with E-state index in [1.807, 2.05) is 29.2 Å². The number of aryl methyl sites for hydroxylation is 2. The summed E-state index contributed by atoms with van der Waals surface area (Å²) in [5.41, 5.74) is 6.96. The summed E-state index contributed by atoms with van der Waals surface area (Å²) < 4.78 is 6.06. The molecule has 5 heteroatoms. The van der Waals surface area contributed by atoms with Crippen molar-refractivity contribution in [3.05, 3.63) is 70.7 Å². The lowest BCUT2D eigenvalue weighted by molar-refractivity contribution is 0.0699. The molecular formula is C27H27N3O2. The van der Waals surface area contributed by atoms with Gasteiger partial charge in [-0.15, -0.1) is 0 Å². The number of hydrogen-bond acceptors (Lipinski definition) is 4. The molecule has 1 saturated heterocycles. The Kier molecular flexibility index (Phi) is 4.71. The summed E-state index contributed by atoms with van der Waals surface area (Å²) in [4.78, 5) is 25.7. The Morgan fingerprint density at radius 1 is 1.03 bits per heavy atom. The van der Waals surface area contributed by atoms with Crippen molar-refractivity contribution in [2.24, 2.45) is 0 Å². The van der Waals surface area contributed by atoms with Crippen LogP contribution < -0.4 is 0 Å². The lowest BCUT2D eigenvalue weighted by atomic mass is 9.88. The molecule has 0 spiro atoms. The zero-order valence-electron chi connectivity index (χ0n) is 18.4. The maximum absolute atomic E-state index is 14.0. The van der Waals surface area contributed by atoms with Crippen molar-refractivity contribution in [3.8, 4) is 0 Å². The van der Waals surface area contributed by atoms with E-state index < -0.39 is 0 Å². The van der Waals surface area contributed by atoms with Crippen molar-refractivity contribution < 1.29 is 9.21 Å². The van der Waals surface area contributed by atoms with Gasteiger partial charge in [0.1, 0.15) is 5.52 Å². The van der Waals surface area contributed by atoms with Crippen LogP contribution in [0, 0.1) is 6.92 Å². The third-order valence-corrected chi connectivity index (χ3v) is 7.00. The molecule has 32 heavy (non-hydrogen) atoms. The number of likely N-dealkylation sites (tertiary alicyclic amines) is 1. The minimum atomic E-state index is 0.130. The number of carbonyl (C=O) groups excluding carboxylic acids is 1. The second-order valence-electron chi connectivity index (χ2n) is 9.25. The number of fused-ring (bicyclic) bond motifs is 3. The van der Waals surface area contributed by atoms with E-state index in [0.717, 1.165) is 89.8 Å². The van der Waals surface area contributed by atoms with E-state index in [2.05, 4.69) is 25.1 Å². The van der Waals surface area contributed by atoms with Gasteiger partial charge >= 0.3 is 0 Å². The lowest BCUT2D eigenvalue weighted by Gasteiger charge is -2.33. The maximum Gasteiger partial charge on any atom is 0.254 e. The topological polar surface area (TPSA) is 59.2 Å². The molecule has 2 aromatic heterocycles. The van der Waals surface area contributed by atoms with Crippen molar-refractivity contribution in [2.75, 3.05) is 13.1 Å². The first-order chi connectivity index (χ1) is 15.7. The van der Waals surface area contributed by atoms with Gasteiger partial charge in [0.05, 0.1) is 17.0 Å². The van der Waals surface area contributed by atoms with E-state index in [-0.39, 0.29) is 11.8 Å². The second kappa shape index (κ2) is 7.73. The van der Waals surface area contributed by atoms with Gasteiger partial charge in [-0.3, -0.25) is 9.78 Å². The molecule has 1 fully saturated rings. The van der Waals surface area contributed by atoms with Crippen molar-refractivity contribution in [3.63, 3.8) is 0 Å². The van der Waals surface area contributed by atoms with Crippen LogP contribution >= 0.6 is 0 Å². The predicted octanol–water partition coefficient (Wildman–Crippen LogP) is 5.58. The number of hydrogen-bond donors (Lipinski definition) is 0. The molecule has 6 rings (SSSR count). The molecule has 1 unspecified atom stereocenters. The molecular weight excluding hydrogens is 398 g/mol. The summed E-state index contributed by atoms with van der Waals surface area (Å²) >= 11 is 0. The normalized spacial score (nSPS) is 18.8. The van der Waals surface area contributed by atoms with Gasteiger partial charge in [-0.2, -0.15) is 0 Å². The van der Waals surface area contributed by atoms with Crippen molar-refractivity contribution in [1.82, 2.24) is 14.9 Å². The van der Waals surface area contributed by atoms with Crippen LogP contribution in [0.2, 0.25) is 0 Å². The van der Waals surface area contributed by atoms with E-state index in [1.54, 1.807) is 0 Å². The monoisotopic (exact) mass is 425 g/mol. The molecule has 2 aromatic carbocycles. The van der Waals surface area contributed by atoms with Crippen LogP contribution in [0.5, 0.6) is 0 Å². The number of piperidine rings is 1. The molecule has 162 valence electrons. The van der Waals surface area contributed by atoms with Crippen LogP contribution in [0.15, 0.2) is 46.9 Å². The third kappa shape index (κ3) is 3.27. The fourth-order valence-electron chi connectivity index (χ4n) is 5.37. The van der Waals surface area contributed by atoms with E-state index >= 15 is 0 Å². The number of carbonyl (C=O) groups is 1. The van der Waals surface area contributed by atoms with E-state index in [9.17, 15) is 4.79 Å². The summed E-state index contributed by atoms with van der Waals surface area (Å²) in [6.07, 6.45) is 6.12. The number of pyridine rings is 1. The predicted molar refractivity (Wildman–Crippen MR) is 125 cm³/mol. The molecule has 1 atom stereocenters. The summed E-state index contributed by atoms with van der Waals surface area (Å²) in [5.74, 6) is 1.02. The first-order valence-electron chi connectivity index (χ1n) is 11.7. The van der Waals surface area contributed by atoms with Gasteiger partial charge in [-0.1, -0.05) is 23.8 Å². The molecule has 1 aliphatic heterocycles. The minimum absolute atomic E-state index is 0.130. The van der Waals surface area contributed by atoms with Gasteiger partial charge in [0, 0.05) is 24.2 Å². The first-order valence-corrected chi connectivity index (χ1v) is 11.7. The Morgan fingerprint density at radius 3 is 2.81 bits per heavy atom. The largest absolute Gasteiger partial charge is 0.440 e. The molecule has 1 aliphatic carbocycles. The standard InChI is InChI=1S/C27H27N3O2/c1-17-12-13-22-20(15-17)25(19-8-2-3-9-21(19)28-22)27(31)30-14-6-7-18(16-30)26-29-23-10-4-5-11-24(23)32-26/h4-5,10-13,15,18H,2-3,6-9,14,16H2,1H3. The molecule has 3 heterocycles. The molecule has 1 amide bonds. The van der Waals surface area contributed by atoms with Crippen LogP contribution in [0.25, 0.3) is 22.0 Å². The minimum Gasteiger partial charge on any atom is -0.440 e. The number of nitrogens with zero attached hydrogens (tertiary/aromatic N) is 3. The average molecular weight is 426 g/mol. The number of rotatable bonds is 2. The van der Waals surface area contributed by atoms with E-state index in [4.69, 9.17) is 14.4 Å². The summed E-state index contributed by atoms with van der Waals surface area (Å²) in [5, 5.41) is 1.000. The number of oxazole rings is 1. The lowest BCUT2D eigenvalue weighted by Crippen LogP contribution is -2.40. The zero-order chi connectivity index (χ0) is 21.7. The third-order valence-electron chi connectivity index (χ3n) is 7.00. The summed E-state index contributed by atoms with van der Waals surface area (Å²) in [6.45, 7) is 3.51. The van der Waals surface area contributed by atoms with E-state index in [0.29, 0.717) is 6.54 Å². The molecule has 0 saturated carbocycles. The highest BCUT2D eigenvalue weighted by atomic mass is 16.3. The Labute approximate surface area is 187 Å². The molecule has 5 nitrogen and oxygen atoms in total. The Balaban J connectivity index is 1.38. The highest BCUT2D eigenvalue weighted by Gasteiger charge is 2.31. The van der Waals surface area contributed by atoms with Crippen LogP contribution in [0.1, 0.15) is 64.7 Å². The van der Waals surface area contributed by atoms with Crippen LogP contribution in [-0.2, 0) is 12.8 Å². The van der Waals surface area contributed by atoms with Crippen LogP contribution in [0.3, 0.4) is 0 Å². The molecule has 0 N–H and O–H groups in total. The second-order valence-corrected chi connectivity index (χ2v) is 9.25. The van der Waals surface area contributed by atoms with Crippen LogP contribution in [-0.4, -0.2) is 33.9 Å². The summed E-state index contributed by atoms with van der Waals surface area (Å²) in [7, 11) is 0. The smallest absolute Gasteiger partial charge is 0.254 e. The van der Waals surface area contributed by atoms with Gasteiger partial charge in [0.25, 0.3) is 5.91 Å². The Morgan fingerprint density at radius 2 is 1.91 bits per heavy atom. The van der Waals surface area contributed by atoms with Crippen LogP contribution in [0.4, 0.5) is 0 Å². The van der Waals surface area contributed by atoms with Crippen molar-refractivity contribution in [2.45, 2.75) is 51.4 Å². The number of aromatic nitrogens is 2. The van der Waals surface area contributed by atoms with E-state index in [1.165, 1.54) is 5.56 Å². The summed E-state index contributed by atoms with van der Waals surface area (Å²) in [6, 6.07) is 14.2. The molecule has 0 radical (unpaired) electrons. The molecule has 2 aliphatic rings. The van der Waals surface area contributed by atoms with Gasteiger partial charge in [0.2, 0.25) is 0 Å². The highest BCUT2D eigenvalue weighted by molar-refractivity contribution is 6.08. The van der Waals surface area contributed by atoms with Gasteiger partial charge in [-0.25, -0.2) is 4.98 Å². The van der Waals surface area contributed by atoms with Gasteiger partial charge < -0.3 is 9.32 Å². The SMILES string of the molecule is Cc1ccc2nc3c(c(C(=O)N4CCCC(c5nc6ccccc6o5)C4)c2c1)CCCC3. The van der Waals surface area contributed by atoms with Crippen molar-refractivity contribution in [1.29, 1.82) is 0 Å². The highest BCUT2D eigenvalue weighted by Crippen LogP contribution is 2.34. The zero-order valence-corrected chi connectivity index (χ0v) is 18.4. The Bertz CT molecular complexity index is 1310. The average Bonchev–Trinajstić information content (AvgIpc) is 3.27. The molecule has 0 bridgehead atoms. The quantitative estimate of drug-likeness (QED) is 0.420.